The highest BCUT2D eigenvalue weighted by Gasteiger charge is 2.30. The molecular formula is C16H12BrF3N2O3. The van der Waals surface area contributed by atoms with Crippen molar-refractivity contribution in [1.29, 1.82) is 0 Å². The molecule has 1 amide bonds. The minimum Gasteiger partial charge on any atom is -0.449 e. The van der Waals surface area contributed by atoms with E-state index < -0.39 is 29.7 Å². The first-order valence-corrected chi connectivity index (χ1v) is 7.76. The third-order valence-corrected chi connectivity index (χ3v) is 3.51. The Balaban J connectivity index is 1.97. The molecule has 0 bridgehead atoms. The Kier molecular flexibility index (Phi) is 5.78. The summed E-state index contributed by atoms with van der Waals surface area (Å²) in [6.07, 6.45) is -2.83. The number of carbonyl (C=O) groups excluding carboxylic acids is 2. The van der Waals surface area contributed by atoms with Gasteiger partial charge in [-0.3, -0.25) is 9.78 Å². The van der Waals surface area contributed by atoms with Gasteiger partial charge >= 0.3 is 12.1 Å². The van der Waals surface area contributed by atoms with Crippen molar-refractivity contribution in [2.75, 3.05) is 5.32 Å². The fourth-order valence-corrected chi connectivity index (χ4v) is 2.16. The van der Waals surface area contributed by atoms with Crippen LogP contribution in [0.2, 0.25) is 0 Å². The Bertz CT molecular complexity index is 779. The monoisotopic (exact) mass is 416 g/mol. The Labute approximate surface area is 149 Å². The van der Waals surface area contributed by atoms with E-state index in [2.05, 4.69) is 26.2 Å². The van der Waals surface area contributed by atoms with Crippen molar-refractivity contribution in [2.24, 2.45) is 0 Å². The molecule has 25 heavy (non-hydrogen) atoms. The number of pyridine rings is 1. The maximum Gasteiger partial charge on any atom is 0.416 e. The number of amides is 1. The third kappa shape index (κ3) is 5.28. The van der Waals surface area contributed by atoms with Gasteiger partial charge in [0, 0.05) is 22.6 Å². The summed E-state index contributed by atoms with van der Waals surface area (Å²) in [6, 6.07) is 5.41. The smallest absolute Gasteiger partial charge is 0.416 e. The Morgan fingerprint density at radius 1 is 1.20 bits per heavy atom. The fraction of sp³-hybridized carbons (Fsp3) is 0.188. The van der Waals surface area contributed by atoms with Crippen LogP contribution in [0.5, 0.6) is 0 Å². The van der Waals surface area contributed by atoms with Crippen molar-refractivity contribution in [3.63, 3.8) is 0 Å². The molecule has 5 nitrogen and oxygen atoms in total. The number of alkyl halides is 3. The van der Waals surface area contributed by atoms with Crippen molar-refractivity contribution in [3.05, 3.63) is 58.3 Å². The van der Waals surface area contributed by atoms with Gasteiger partial charge in [-0.15, -0.1) is 0 Å². The summed E-state index contributed by atoms with van der Waals surface area (Å²) >= 11 is 3.16. The summed E-state index contributed by atoms with van der Waals surface area (Å²) in [5.41, 5.74) is -0.513. The molecule has 1 aromatic heterocycles. The van der Waals surface area contributed by atoms with Crippen LogP contribution in [-0.4, -0.2) is 23.0 Å². The maximum absolute atomic E-state index is 12.5. The lowest BCUT2D eigenvalue weighted by Gasteiger charge is -2.14. The maximum atomic E-state index is 12.5. The number of carbonyl (C=O) groups is 2. The normalized spacial score (nSPS) is 12.4. The quantitative estimate of drug-likeness (QED) is 0.763. The number of benzene rings is 1. The van der Waals surface area contributed by atoms with E-state index in [0.29, 0.717) is 4.47 Å². The average Bonchev–Trinajstić information content (AvgIpc) is 2.54. The van der Waals surface area contributed by atoms with Crippen molar-refractivity contribution in [3.8, 4) is 0 Å². The number of hydrogen-bond donors (Lipinski definition) is 1. The minimum absolute atomic E-state index is 0.156. The number of esters is 1. The van der Waals surface area contributed by atoms with E-state index in [1.54, 1.807) is 0 Å². The van der Waals surface area contributed by atoms with Gasteiger partial charge in [0.2, 0.25) is 0 Å². The molecule has 0 unspecified atom stereocenters. The second-order valence-corrected chi connectivity index (χ2v) is 5.92. The highest BCUT2D eigenvalue weighted by atomic mass is 79.9. The lowest BCUT2D eigenvalue weighted by molar-refractivity contribution is -0.137. The van der Waals surface area contributed by atoms with Crippen LogP contribution in [0.25, 0.3) is 0 Å². The van der Waals surface area contributed by atoms with E-state index in [0.717, 1.165) is 24.3 Å². The largest absolute Gasteiger partial charge is 0.449 e. The Morgan fingerprint density at radius 2 is 1.84 bits per heavy atom. The molecule has 1 aromatic carbocycles. The van der Waals surface area contributed by atoms with E-state index in [-0.39, 0.29) is 11.3 Å². The molecular weight excluding hydrogens is 405 g/mol. The molecule has 9 heteroatoms. The highest BCUT2D eigenvalue weighted by molar-refractivity contribution is 9.10. The van der Waals surface area contributed by atoms with Crippen molar-refractivity contribution >= 4 is 33.5 Å². The molecule has 0 saturated carbocycles. The van der Waals surface area contributed by atoms with E-state index >= 15 is 0 Å². The van der Waals surface area contributed by atoms with Crippen LogP contribution in [-0.2, 0) is 15.7 Å². The van der Waals surface area contributed by atoms with Crippen LogP contribution in [0.15, 0.2) is 47.2 Å². The van der Waals surface area contributed by atoms with E-state index in [9.17, 15) is 22.8 Å². The molecule has 2 aromatic rings. The number of nitrogens with one attached hydrogen (secondary N) is 1. The van der Waals surface area contributed by atoms with E-state index in [1.165, 1.54) is 25.4 Å². The zero-order valence-electron chi connectivity index (χ0n) is 12.8. The lowest BCUT2D eigenvalue weighted by atomic mass is 10.2. The minimum atomic E-state index is -4.46. The van der Waals surface area contributed by atoms with Gasteiger partial charge in [-0.1, -0.05) is 0 Å². The fourth-order valence-electron chi connectivity index (χ4n) is 1.79. The zero-order valence-corrected chi connectivity index (χ0v) is 14.4. The summed E-state index contributed by atoms with van der Waals surface area (Å²) < 4.78 is 43.1. The van der Waals surface area contributed by atoms with Crippen LogP contribution >= 0.6 is 15.9 Å². The SMILES string of the molecule is C[C@H](OC(=O)c1cncc(Br)c1)C(=O)Nc1ccc(C(F)(F)F)cc1. The number of nitrogens with zero attached hydrogens (tertiary/aromatic N) is 1. The number of ether oxygens (including phenoxy) is 1. The molecule has 1 atom stereocenters. The van der Waals surface area contributed by atoms with Crippen molar-refractivity contribution < 1.29 is 27.5 Å². The Hall–Kier alpha value is -2.42. The molecule has 0 radical (unpaired) electrons. The van der Waals surface area contributed by atoms with E-state index in [1.807, 2.05) is 0 Å². The predicted octanol–water partition coefficient (Wildman–Crippen LogP) is 4.05. The van der Waals surface area contributed by atoms with Crippen molar-refractivity contribution in [2.45, 2.75) is 19.2 Å². The van der Waals surface area contributed by atoms with Gasteiger partial charge in [-0.25, -0.2) is 4.79 Å². The molecule has 0 fully saturated rings. The highest BCUT2D eigenvalue weighted by Crippen LogP contribution is 2.29. The van der Waals surface area contributed by atoms with Crippen LogP contribution in [0.1, 0.15) is 22.8 Å². The molecule has 0 aliphatic rings. The van der Waals surface area contributed by atoms with Crippen LogP contribution in [0.4, 0.5) is 18.9 Å². The van der Waals surface area contributed by atoms with Gasteiger partial charge in [0.25, 0.3) is 5.91 Å². The zero-order chi connectivity index (χ0) is 18.6. The van der Waals surface area contributed by atoms with Crippen LogP contribution in [0, 0.1) is 0 Å². The third-order valence-electron chi connectivity index (χ3n) is 3.07. The molecule has 1 N–H and O–H groups in total. The number of halogens is 4. The molecule has 0 aliphatic carbocycles. The van der Waals surface area contributed by atoms with Crippen LogP contribution in [0.3, 0.4) is 0 Å². The van der Waals surface area contributed by atoms with Gasteiger partial charge < -0.3 is 10.1 Å². The number of aromatic nitrogens is 1. The summed E-state index contributed by atoms with van der Waals surface area (Å²) in [5.74, 6) is -1.42. The number of anilines is 1. The standard InChI is InChI=1S/C16H12BrF3N2O3/c1-9(25-15(24)10-6-12(17)8-21-7-10)14(23)22-13-4-2-11(3-5-13)16(18,19)20/h2-9H,1H3,(H,22,23)/t9-/m0/s1. The first kappa shape index (κ1) is 18.9. The summed E-state index contributed by atoms with van der Waals surface area (Å²) in [4.78, 5) is 27.7. The van der Waals surface area contributed by atoms with Gasteiger partial charge in [0.05, 0.1) is 11.1 Å². The molecule has 0 spiro atoms. The Morgan fingerprint density at radius 3 is 2.40 bits per heavy atom. The van der Waals surface area contributed by atoms with Gasteiger partial charge in [-0.2, -0.15) is 13.2 Å². The first-order valence-electron chi connectivity index (χ1n) is 6.96. The molecule has 1 heterocycles. The average molecular weight is 417 g/mol. The topological polar surface area (TPSA) is 68.3 Å². The van der Waals surface area contributed by atoms with E-state index in [4.69, 9.17) is 4.74 Å². The predicted molar refractivity (Wildman–Crippen MR) is 86.9 cm³/mol. The molecule has 132 valence electrons. The lowest BCUT2D eigenvalue weighted by Crippen LogP contribution is -2.30. The van der Waals surface area contributed by atoms with Crippen molar-refractivity contribution in [1.82, 2.24) is 4.98 Å². The van der Waals surface area contributed by atoms with Gasteiger partial charge in [0.15, 0.2) is 6.10 Å². The second kappa shape index (κ2) is 7.64. The molecule has 0 aliphatic heterocycles. The van der Waals surface area contributed by atoms with Crippen LogP contribution < -0.4 is 5.32 Å². The van der Waals surface area contributed by atoms with Gasteiger partial charge in [-0.05, 0) is 53.2 Å². The summed E-state index contributed by atoms with van der Waals surface area (Å²) in [5, 5.41) is 2.38. The molecule has 2 rings (SSSR count). The first-order chi connectivity index (χ1) is 11.7. The number of rotatable bonds is 4. The summed E-state index contributed by atoms with van der Waals surface area (Å²) in [7, 11) is 0. The number of hydrogen-bond acceptors (Lipinski definition) is 4. The van der Waals surface area contributed by atoms with Gasteiger partial charge in [0.1, 0.15) is 0 Å². The second-order valence-electron chi connectivity index (χ2n) is 5.00. The molecule has 0 saturated heterocycles. The summed E-state index contributed by atoms with van der Waals surface area (Å²) in [6.45, 7) is 1.35.